The van der Waals surface area contributed by atoms with E-state index in [1.807, 2.05) is 18.2 Å². The molecule has 0 fully saturated rings. The number of rotatable bonds is 2. The third-order valence-corrected chi connectivity index (χ3v) is 4.17. The summed E-state index contributed by atoms with van der Waals surface area (Å²) in [7, 11) is 0. The molecule has 23 heavy (non-hydrogen) atoms. The lowest BCUT2D eigenvalue weighted by Gasteiger charge is -2.14. The number of hydrogen-bond donors (Lipinski definition) is 0. The molecule has 114 valence electrons. The molecular formula is C20H17FN2. The first-order valence-electron chi connectivity index (χ1n) is 7.81. The Kier molecular flexibility index (Phi) is 3.15. The highest BCUT2D eigenvalue weighted by Gasteiger charge is 2.17. The zero-order valence-corrected chi connectivity index (χ0v) is 13.1. The van der Waals surface area contributed by atoms with Gasteiger partial charge in [-0.2, -0.15) is 0 Å². The van der Waals surface area contributed by atoms with Crippen molar-refractivity contribution in [2.75, 3.05) is 0 Å². The topological polar surface area (TPSA) is 17.8 Å². The van der Waals surface area contributed by atoms with Crippen LogP contribution in [-0.2, 0) is 0 Å². The Morgan fingerprint density at radius 2 is 1.74 bits per heavy atom. The monoisotopic (exact) mass is 304 g/mol. The second-order valence-electron chi connectivity index (χ2n) is 6.09. The number of hydrogen-bond acceptors (Lipinski definition) is 1. The summed E-state index contributed by atoms with van der Waals surface area (Å²) in [5, 5.41) is 2.35. The Morgan fingerprint density at radius 3 is 2.57 bits per heavy atom. The second-order valence-corrected chi connectivity index (χ2v) is 6.09. The van der Waals surface area contributed by atoms with Gasteiger partial charge in [0.05, 0.1) is 16.7 Å². The van der Waals surface area contributed by atoms with Gasteiger partial charge in [-0.25, -0.2) is 9.37 Å². The van der Waals surface area contributed by atoms with Crippen molar-refractivity contribution in [2.45, 2.75) is 19.8 Å². The minimum Gasteiger partial charge on any atom is -0.295 e. The molecule has 0 radical (unpaired) electrons. The summed E-state index contributed by atoms with van der Waals surface area (Å²) in [6, 6.07) is 19.4. The van der Waals surface area contributed by atoms with Crippen molar-refractivity contribution >= 4 is 21.8 Å². The van der Waals surface area contributed by atoms with Gasteiger partial charge in [-0.3, -0.25) is 4.57 Å². The number of imidazole rings is 1. The molecule has 4 aromatic rings. The minimum atomic E-state index is -0.254. The van der Waals surface area contributed by atoms with Crippen molar-refractivity contribution in [3.63, 3.8) is 0 Å². The van der Waals surface area contributed by atoms with Crippen LogP contribution < -0.4 is 0 Å². The van der Waals surface area contributed by atoms with Crippen molar-refractivity contribution in [1.82, 2.24) is 9.55 Å². The predicted octanol–water partition coefficient (Wildman–Crippen LogP) is 5.44. The van der Waals surface area contributed by atoms with Gasteiger partial charge in [0.15, 0.2) is 0 Å². The maximum atomic E-state index is 13.6. The van der Waals surface area contributed by atoms with E-state index in [0.717, 1.165) is 17.0 Å². The quantitative estimate of drug-likeness (QED) is 0.482. The molecule has 0 amide bonds. The molecule has 0 spiro atoms. The molecule has 0 aliphatic rings. The van der Waals surface area contributed by atoms with Crippen molar-refractivity contribution in [2.24, 2.45) is 0 Å². The summed E-state index contributed by atoms with van der Waals surface area (Å²) in [6.07, 6.45) is 0. The molecule has 0 unspecified atom stereocenters. The Bertz CT molecular complexity index is 1010. The van der Waals surface area contributed by atoms with Crippen molar-refractivity contribution in [3.8, 4) is 5.69 Å². The molecule has 0 aliphatic heterocycles. The fourth-order valence-electron chi connectivity index (χ4n) is 3.12. The average molecular weight is 304 g/mol. The summed E-state index contributed by atoms with van der Waals surface area (Å²) in [5.41, 5.74) is 2.72. The molecule has 0 aliphatic carbocycles. The number of benzene rings is 3. The van der Waals surface area contributed by atoms with Crippen LogP contribution in [0.1, 0.15) is 25.6 Å². The van der Waals surface area contributed by atoms with E-state index in [-0.39, 0.29) is 11.7 Å². The highest BCUT2D eigenvalue weighted by Crippen LogP contribution is 2.30. The number of halogens is 1. The van der Waals surface area contributed by atoms with Gasteiger partial charge in [0.25, 0.3) is 0 Å². The first kappa shape index (κ1) is 13.9. The maximum Gasteiger partial charge on any atom is 0.125 e. The van der Waals surface area contributed by atoms with Crippen LogP contribution in [0.25, 0.3) is 27.5 Å². The first-order chi connectivity index (χ1) is 11.1. The van der Waals surface area contributed by atoms with E-state index < -0.39 is 0 Å². The fraction of sp³-hybridized carbons (Fsp3) is 0.150. The molecule has 3 heteroatoms. The Labute approximate surface area is 134 Å². The summed E-state index contributed by atoms with van der Waals surface area (Å²) < 4.78 is 15.7. The zero-order chi connectivity index (χ0) is 16.0. The molecule has 0 saturated heterocycles. The van der Waals surface area contributed by atoms with E-state index >= 15 is 0 Å². The van der Waals surface area contributed by atoms with E-state index in [1.54, 1.807) is 0 Å². The Hall–Kier alpha value is -2.68. The van der Waals surface area contributed by atoms with E-state index in [0.29, 0.717) is 5.52 Å². The second kappa shape index (κ2) is 5.20. The van der Waals surface area contributed by atoms with Crippen LogP contribution in [0.5, 0.6) is 0 Å². The lowest BCUT2D eigenvalue weighted by atomic mass is 10.1. The van der Waals surface area contributed by atoms with Gasteiger partial charge in [-0.1, -0.05) is 50.2 Å². The van der Waals surface area contributed by atoms with Crippen LogP contribution in [-0.4, -0.2) is 9.55 Å². The largest absolute Gasteiger partial charge is 0.295 e. The number of aromatic nitrogens is 2. The van der Waals surface area contributed by atoms with E-state index in [4.69, 9.17) is 0 Å². The maximum absolute atomic E-state index is 13.6. The molecule has 4 rings (SSSR count). The molecule has 3 aromatic carbocycles. The normalized spacial score (nSPS) is 11.7. The van der Waals surface area contributed by atoms with E-state index in [1.165, 1.54) is 22.9 Å². The number of fused-ring (bicyclic) bond motifs is 2. The third kappa shape index (κ3) is 2.20. The van der Waals surface area contributed by atoms with Crippen molar-refractivity contribution in [3.05, 3.63) is 72.3 Å². The summed E-state index contributed by atoms with van der Waals surface area (Å²) in [4.78, 5) is 4.68. The van der Waals surface area contributed by atoms with Gasteiger partial charge in [0.2, 0.25) is 0 Å². The van der Waals surface area contributed by atoms with Crippen LogP contribution in [0, 0.1) is 5.82 Å². The van der Waals surface area contributed by atoms with Crippen molar-refractivity contribution in [1.29, 1.82) is 0 Å². The van der Waals surface area contributed by atoms with Gasteiger partial charge in [0, 0.05) is 17.4 Å². The Balaban J connectivity index is 2.13. The van der Waals surface area contributed by atoms with Crippen LogP contribution in [0.15, 0.2) is 60.7 Å². The third-order valence-electron chi connectivity index (χ3n) is 4.17. The SMILES string of the molecule is CC(C)c1nc2cc(F)ccc2n1-c1cccc2ccccc12. The average Bonchev–Trinajstić information content (AvgIpc) is 2.93. The minimum absolute atomic E-state index is 0.240. The van der Waals surface area contributed by atoms with Crippen molar-refractivity contribution < 1.29 is 4.39 Å². The fourth-order valence-corrected chi connectivity index (χ4v) is 3.12. The first-order valence-corrected chi connectivity index (χ1v) is 7.81. The lowest BCUT2D eigenvalue weighted by Crippen LogP contribution is -2.03. The molecule has 1 aromatic heterocycles. The van der Waals surface area contributed by atoms with Gasteiger partial charge in [-0.05, 0) is 23.6 Å². The van der Waals surface area contributed by atoms with Crippen LogP contribution >= 0.6 is 0 Å². The van der Waals surface area contributed by atoms with Gasteiger partial charge < -0.3 is 0 Å². The van der Waals surface area contributed by atoms with Crippen LogP contribution in [0.2, 0.25) is 0 Å². The molecule has 1 heterocycles. The molecule has 0 atom stereocenters. The molecule has 2 nitrogen and oxygen atoms in total. The molecular weight excluding hydrogens is 287 g/mol. The van der Waals surface area contributed by atoms with Gasteiger partial charge in [-0.15, -0.1) is 0 Å². The van der Waals surface area contributed by atoms with Crippen LogP contribution in [0.3, 0.4) is 0 Å². The predicted molar refractivity (Wildman–Crippen MR) is 92.6 cm³/mol. The van der Waals surface area contributed by atoms with Gasteiger partial charge >= 0.3 is 0 Å². The highest BCUT2D eigenvalue weighted by atomic mass is 19.1. The molecule has 0 bridgehead atoms. The molecule has 0 N–H and O–H groups in total. The summed E-state index contributed by atoms with van der Waals surface area (Å²) in [6.45, 7) is 4.22. The Morgan fingerprint density at radius 1 is 0.957 bits per heavy atom. The zero-order valence-electron chi connectivity index (χ0n) is 13.1. The van der Waals surface area contributed by atoms with Gasteiger partial charge in [0.1, 0.15) is 11.6 Å². The molecule has 0 saturated carbocycles. The summed E-state index contributed by atoms with van der Waals surface area (Å²) in [5.74, 6) is 0.932. The number of nitrogens with zero attached hydrogens (tertiary/aromatic N) is 2. The highest BCUT2D eigenvalue weighted by molar-refractivity contribution is 5.92. The van der Waals surface area contributed by atoms with E-state index in [2.05, 4.69) is 53.7 Å². The van der Waals surface area contributed by atoms with Crippen LogP contribution in [0.4, 0.5) is 4.39 Å². The standard InChI is InChI=1S/C20H17FN2/c1-13(2)20-22-17-12-15(21)10-11-19(17)23(20)18-9-5-7-14-6-3-4-8-16(14)18/h3-13H,1-2H3. The lowest BCUT2D eigenvalue weighted by molar-refractivity contribution is 0.629. The smallest absolute Gasteiger partial charge is 0.125 e. The summed E-state index contributed by atoms with van der Waals surface area (Å²) >= 11 is 0. The van der Waals surface area contributed by atoms with E-state index in [9.17, 15) is 4.39 Å².